The van der Waals surface area contributed by atoms with Gasteiger partial charge >= 0.3 is 5.97 Å². The van der Waals surface area contributed by atoms with Crippen LogP contribution in [0.2, 0.25) is 0 Å². The molecule has 1 atom stereocenters. The zero-order chi connectivity index (χ0) is 10.0. The molecule has 0 bridgehead atoms. The first-order valence-corrected chi connectivity index (χ1v) is 5.83. The predicted molar refractivity (Wildman–Crippen MR) is 58.9 cm³/mol. The number of thiophene rings is 1. The van der Waals surface area contributed by atoms with E-state index in [1.54, 1.807) is 0 Å². The molecule has 1 rings (SSSR count). The highest BCUT2D eigenvalue weighted by atomic mass is 79.9. The van der Waals surface area contributed by atoms with Crippen molar-refractivity contribution in [2.24, 2.45) is 5.73 Å². The first-order chi connectivity index (χ1) is 6.00. The minimum absolute atomic E-state index is 0.0423. The Balaban J connectivity index is 2.77. The summed E-state index contributed by atoms with van der Waals surface area (Å²) in [5, 5.41) is 8.52. The van der Waals surface area contributed by atoms with Crippen LogP contribution in [0.1, 0.15) is 17.3 Å². The second-order valence-corrected chi connectivity index (χ2v) is 5.73. The second-order valence-electron chi connectivity index (χ2n) is 2.47. The number of carbonyl (C=O) groups is 1. The van der Waals surface area contributed by atoms with Crippen LogP contribution >= 0.6 is 43.2 Å². The van der Waals surface area contributed by atoms with Crippen LogP contribution < -0.4 is 5.73 Å². The van der Waals surface area contributed by atoms with Crippen molar-refractivity contribution in [2.45, 2.75) is 12.5 Å². The zero-order valence-corrected chi connectivity index (χ0v) is 10.4. The topological polar surface area (TPSA) is 63.3 Å². The summed E-state index contributed by atoms with van der Waals surface area (Å²) in [5.74, 6) is -0.881. The SMILES string of the molecule is NC(CC(=O)O)c1cc(Br)c(Br)s1. The van der Waals surface area contributed by atoms with Gasteiger partial charge in [0, 0.05) is 15.4 Å². The Morgan fingerprint density at radius 1 is 1.69 bits per heavy atom. The Hall–Kier alpha value is 0.0900. The fourth-order valence-electron chi connectivity index (χ4n) is 0.835. The van der Waals surface area contributed by atoms with Gasteiger partial charge in [-0.15, -0.1) is 11.3 Å². The van der Waals surface area contributed by atoms with E-state index in [1.807, 2.05) is 6.07 Å². The molecule has 0 amide bonds. The van der Waals surface area contributed by atoms with Crippen molar-refractivity contribution in [3.8, 4) is 0 Å². The fraction of sp³-hybridized carbons (Fsp3) is 0.286. The number of rotatable bonds is 3. The summed E-state index contributed by atoms with van der Waals surface area (Å²) in [6.45, 7) is 0. The first-order valence-electron chi connectivity index (χ1n) is 3.43. The van der Waals surface area contributed by atoms with Gasteiger partial charge in [0.25, 0.3) is 0 Å². The Morgan fingerprint density at radius 3 is 2.69 bits per heavy atom. The zero-order valence-electron chi connectivity index (χ0n) is 6.46. The minimum atomic E-state index is -0.881. The molecule has 0 saturated carbocycles. The third-order valence-corrected chi connectivity index (χ3v) is 4.81. The minimum Gasteiger partial charge on any atom is -0.481 e. The van der Waals surface area contributed by atoms with E-state index in [1.165, 1.54) is 11.3 Å². The number of carboxylic acids is 1. The molecule has 0 aliphatic heterocycles. The summed E-state index contributed by atoms with van der Waals surface area (Å²) in [5.41, 5.74) is 5.67. The van der Waals surface area contributed by atoms with Gasteiger partial charge in [-0.25, -0.2) is 0 Å². The van der Waals surface area contributed by atoms with Gasteiger partial charge < -0.3 is 10.8 Å². The van der Waals surface area contributed by atoms with Gasteiger partial charge in [-0.05, 0) is 37.9 Å². The van der Waals surface area contributed by atoms with Gasteiger partial charge in [0.05, 0.1) is 10.2 Å². The molecule has 0 aliphatic rings. The van der Waals surface area contributed by atoms with Crippen LogP contribution in [-0.4, -0.2) is 11.1 Å². The molecule has 3 N–H and O–H groups in total. The van der Waals surface area contributed by atoms with Gasteiger partial charge in [0.15, 0.2) is 0 Å². The maximum Gasteiger partial charge on any atom is 0.305 e. The molecule has 72 valence electrons. The molecular weight excluding hydrogens is 322 g/mol. The summed E-state index contributed by atoms with van der Waals surface area (Å²) in [6.07, 6.45) is -0.0423. The number of halogens is 2. The average molecular weight is 329 g/mol. The molecule has 1 aromatic heterocycles. The summed E-state index contributed by atoms with van der Waals surface area (Å²) in [4.78, 5) is 11.2. The summed E-state index contributed by atoms with van der Waals surface area (Å²) >= 11 is 8.08. The molecule has 0 fully saturated rings. The fourth-order valence-corrected chi connectivity index (χ4v) is 2.93. The van der Waals surface area contributed by atoms with E-state index in [0.29, 0.717) is 0 Å². The second kappa shape index (κ2) is 4.54. The van der Waals surface area contributed by atoms with E-state index < -0.39 is 12.0 Å². The van der Waals surface area contributed by atoms with Crippen molar-refractivity contribution >= 4 is 49.2 Å². The van der Waals surface area contributed by atoms with E-state index in [9.17, 15) is 4.79 Å². The lowest BCUT2D eigenvalue weighted by Gasteiger charge is -2.04. The summed E-state index contributed by atoms with van der Waals surface area (Å²) in [7, 11) is 0. The van der Waals surface area contributed by atoms with Crippen LogP contribution in [0.3, 0.4) is 0 Å². The van der Waals surface area contributed by atoms with E-state index in [-0.39, 0.29) is 6.42 Å². The number of hydrogen-bond acceptors (Lipinski definition) is 3. The quantitative estimate of drug-likeness (QED) is 0.896. The highest BCUT2D eigenvalue weighted by Crippen LogP contribution is 2.35. The molecule has 6 heteroatoms. The predicted octanol–water partition coefficient (Wildman–Crippen LogP) is 2.75. The number of aliphatic carboxylic acids is 1. The van der Waals surface area contributed by atoms with Crippen molar-refractivity contribution in [1.82, 2.24) is 0 Å². The Bertz CT molecular complexity index is 307. The highest BCUT2D eigenvalue weighted by Gasteiger charge is 2.14. The maximum absolute atomic E-state index is 10.4. The lowest BCUT2D eigenvalue weighted by atomic mass is 10.2. The standard InChI is InChI=1S/C7H7Br2NO2S/c8-3-1-5(13-7(3)9)4(10)2-6(11)12/h1,4H,2,10H2,(H,11,12). The van der Waals surface area contributed by atoms with Crippen molar-refractivity contribution in [3.05, 3.63) is 19.2 Å². The smallest absolute Gasteiger partial charge is 0.305 e. The van der Waals surface area contributed by atoms with Gasteiger partial charge in [-0.2, -0.15) is 0 Å². The maximum atomic E-state index is 10.4. The number of nitrogens with two attached hydrogens (primary N) is 1. The molecule has 0 aromatic carbocycles. The monoisotopic (exact) mass is 327 g/mol. The number of hydrogen-bond donors (Lipinski definition) is 2. The van der Waals surface area contributed by atoms with E-state index in [4.69, 9.17) is 10.8 Å². The third kappa shape index (κ3) is 3.05. The molecule has 1 unspecified atom stereocenters. The van der Waals surface area contributed by atoms with Crippen LogP contribution in [0, 0.1) is 0 Å². The van der Waals surface area contributed by atoms with Gasteiger partial charge in [0.2, 0.25) is 0 Å². The molecule has 3 nitrogen and oxygen atoms in total. The molecule has 0 aliphatic carbocycles. The van der Waals surface area contributed by atoms with E-state index >= 15 is 0 Å². The highest BCUT2D eigenvalue weighted by molar-refractivity contribution is 9.13. The van der Waals surface area contributed by atoms with Gasteiger partial charge in [-0.1, -0.05) is 0 Å². The molecule has 13 heavy (non-hydrogen) atoms. The Kier molecular flexibility index (Phi) is 3.90. The van der Waals surface area contributed by atoms with Crippen LogP contribution in [0.25, 0.3) is 0 Å². The lowest BCUT2D eigenvalue weighted by molar-refractivity contribution is -0.137. The lowest BCUT2D eigenvalue weighted by Crippen LogP contribution is -2.13. The normalized spacial score (nSPS) is 12.8. The van der Waals surface area contributed by atoms with Gasteiger partial charge in [-0.3, -0.25) is 4.79 Å². The van der Waals surface area contributed by atoms with Crippen molar-refractivity contribution in [2.75, 3.05) is 0 Å². The molecule has 1 heterocycles. The molecule has 1 aromatic rings. The van der Waals surface area contributed by atoms with Crippen LogP contribution in [-0.2, 0) is 4.79 Å². The van der Waals surface area contributed by atoms with Crippen molar-refractivity contribution < 1.29 is 9.90 Å². The average Bonchev–Trinajstić information content (AvgIpc) is 2.31. The molecule has 0 radical (unpaired) electrons. The summed E-state index contributed by atoms with van der Waals surface area (Å²) < 4.78 is 1.84. The van der Waals surface area contributed by atoms with Crippen LogP contribution in [0.15, 0.2) is 14.3 Å². The first kappa shape index (κ1) is 11.2. The third-order valence-electron chi connectivity index (χ3n) is 1.42. The van der Waals surface area contributed by atoms with Crippen LogP contribution in [0.4, 0.5) is 0 Å². The molecular formula is C7H7Br2NO2S. The van der Waals surface area contributed by atoms with E-state index in [2.05, 4.69) is 31.9 Å². The van der Waals surface area contributed by atoms with Gasteiger partial charge in [0.1, 0.15) is 0 Å². The van der Waals surface area contributed by atoms with Crippen molar-refractivity contribution in [3.63, 3.8) is 0 Å². The Labute approximate surface area is 96.2 Å². The largest absolute Gasteiger partial charge is 0.481 e. The van der Waals surface area contributed by atoms with Crippen LogP contribution in [0.5, 0.6) is 0 Å². The molecule has 0 spiro atoms. The van der Waals surface area contributed by atoms with Crippen molar-refractivity contribution in [1.29, 1.82) is 0 Å². The summed E-state index contributed by atoms with van der Waals surface area (Å²) in [6, 6.07) is 1.41. The Morgan fingerprint density at radius 2 is 2.31 bits per heavy atom. The van der Waals surface area contributed by atoms with E-state index in [0.717, 1.165) is 13.1 Å². The molecule has 0 saturated heterocycles. The number of carboxylic acid groups (broad SMARTS) is 1.